The molecule has 3 aromatic carbocycles. The molecule has 5 rings (SSSR count). The second-order valence-corrected chi connectivity index (χ2v) is 13.8. The molecule has 0 aliphatic carbocycles. The highest BCUT2D eigenvalue weighted by Gasteiger charge is 2.56. The van der Waals surface area contributed by atoms with Gasteiger partial charge in [-0.3, -0.25) is 14.4 Å². The number of sulfone groups is 1. The molecule has 3 unspecified atom stereocenters. The number of rotatable bonds is 9. The summed E-state index contributed by atoms with van der Waals surface area (Å²) in [6.45, 7) is 4.08. The number of halogens is 2. The topological polar surface area (TPSA) is 156 Å². The SMILES string of the molecule is CC(=O)OCC1O[C@H](S(=O)(=O)c2ccc3c(N(C)C)cccc3c2)C(OC(C)=O)C(n2cc(-c3cc(C)c(F)c(F)c3)nn2)[C@H]1OC(C)=O. The Labute approximate surface area is 280 Å². The highest BCUT2D eigenvalue weighted by atomic mass is 32.2. The number of anilines is 1. The first-order valence-corrected chi connectivity index (χ1v) is 16.6. The number of aryl methyl sites for hydroxylation is 1. The number of nitrogens with zero attached hydrogens (tertiary/aromatic N) is 4. The van der Waals surface area contributed by atoms with Crippen molar-refractivity contribution in [3.63, 3.8) is 0 Å². The van der Waals surface area contributed by atoms with Gasteiger partial charge in [0, 0.05) is 51.5 Å². The van der Waals surface area contributed by atoms with Gasteiger partial charge in [0.2, 0.25) is 15.3 Å². The van der Waals surface area contributed by atoms with Crippen molar-refractivity contribution in [3.8, 4) is 11.3 Å². The fourth-order valence-corrected chi connectivity index (χ4v) is 7.48. The standard InChI is InChI=1S/C33H34F2N4O9S/c1-17-12-22(14-25(34)29(17)35)26-15-39(37-36-26)30-31(46-19(3)41)28(16-45-18(2)40)48-33(32(30)47-20(4)42)49(43,44)23-10-11-24-21(13-23)8-7-9-27(24)38(5)6/h7-15,28,30-33H,16H2,1-6H3/t28?,30?,31-,32?,33+/m0/s1. The summed E-state index contributed by atoms with van der Waals surface area (Å²) in [6.07, 6.45) is -3.30. The van der Waals surface area contributed by atoms with Gasteiger partial charge in [0.05, 0.1) is 11.1 Å². The van der Waals surface area contributed by atoms with Gasteiger partial charge in [0.25, 0.3) is 0 Å². The Morgan fingerprint density at radius 1 is 0.959 bits per heavy atom. The first-order valence-electron chi connectivity index (χ1n) is 15.0. The molecule has 4 aromatic rings. The van der Waals surface area contributed by atoms with E-state index in [4.69, 9.17) is 18.9 Å². The van der Waals surface area contributed by atoms with Crippen LogP contribution in [0.3, 0.4) is 0 Å². The molecule has 13 nitrogen and oxygen atoms in total. The molecular weight excluding hydrogens is 666 g/mol. The average molecular weight is 701 g/mol. The van der Waals surface area contributed by atoms with E-state index < -0.39 is 75.8 Å². The Morgan fingerprint density at radius 3 is 2.29 bits per heavy atom. The van der Waals surface area contributed by atoms with E-state index in [1.54, 1.807) is 18.2 Å². The molecule has 260 valence electrons. The maximum atomic E-state index is 14.5. The van der Waals surface area contributed by atoms with Crippen LogP contribution in [0.2, 0.25) is 0 Å². The highest BCUT2D eigenvalue weighted by Crippen LogP contribution is 2.40. The fraction of sp³-hybridized carbons (Fsp3) is 0.364. The zero-order valence-corrected chi connectivity index (χ0v) is 28.2. The lowest BCUT2D eigenvalue weighted by molar-refractivity contribution is -0.213. The van der Waals surface area contributed by atoms with Crippen molar-refractivity contribution in [1.29, 1.82) is 0 Å². The minimum atomic E-state index is -4.55. The second kappa shape index (κ2) is 13.9. The Bertz CT molecular complexity index is 2010. The van der Waals surface area contributed by atoms with Gasteiger partial charge in [-0.15, -0.1) is 5.10 Å². The van der Waals surface area contributed by atoms with Crippen LogP contribution in [0.1, 0.15) is 32.4 Å². The van der Waals surface area contributed by atoms with E-state index >= 15 is 0 Å². The number of aromatic nitrogens is 3. The van der Waals surface area contributed by atoms with E-state index in [1.165, 1.54) is 31.3 Å². The van der Waals surface area contributed by atoms with Crippen LogP contribution in [-0.2, 0) is 43.2 Å². The summed E-state index contributed by atoms with van der Waals surface area (Å²) >= 11 is 0. The Hall–Kier alpha value is -4.96. The third kappa shape index (κ3) is 7.24. The van der Waals surface area contributed by atoms with Crippen LogP contribution in [0.4, 0.5) is 14.5 Å². The molecule has 1 aliphatic rings. The molecule has 0 amide bonds. The van der Waals surface area contributed by atoms with E-state index in [2.05, 4.69) is 10.3 Å². The van der Waals surface area contributed by atoms with Crippen molar-refractivity contribution in [3.05, 3.63) is 71.9 Å². The lowest BCUT2D eigenvalue weighted by Gasteiger charge is -2.44. The van der Waals surface area contributed by atoms with Crippen LogP contribution in [0.5, 0.6) is 0 Å². The molecule has 5 atom stereocenters. The van der Waals surface area contributed by atoms with Crippen molar-refractivity contribution in [2.45, 2.75) is 62.4 Å². The number of ether oxygens (including phenoxy) is 4. The molecule has 0 N–H and O–H groups in total. The molecule has 0 bridgehead atoms. The molecule has 16 heteroatoms. The minimum Gasteiger partial charge on any atom is -0.463 e. The molecule has 1 aromatic heterocycles. The number of hydrogen-bond acceptors (Lipinski definition) is 12. The van der Waals surface area contributed by atoms with Gasteiger partial charge in [-0.05, 0) is 48.2 Å². The van der Waals surface area contributed by atoms with Gasteiger partial charge in [-0.25, -0.2) is 21.9 Å². The average Bonchev–Trinajstić information content (AvgIpc) is 3.51. The highest BCUT2D eigenvalue weighted by molar-refractivity contribution is 7.92. The quantitative estimate of drug-likeness (QED) is 0.184. The molecule has 49 heavy (non-hydrogen) atoms. The van der Waals surface area contributed by atoms with Gasteiger partial charge >= 0.3 is 17.9 Å². The van der Waals surface area contributed by atoms with Crippen LogP contribution >= 0.6 is 0 Å². The molecule has 1 saturated heterocycles. The summed E-state index contributed by atoms with van der Waals surface area (Å²) in [6, 6.07) is 10.7. The lowest BCUT2D eigenvalue weighted by Crippen LogP contribution is -2.60. The molecule has 0 saturated carbocycles. The van der Waals surface area contributed by atoms with Crippen LogP contribution in [0.15, 0.2) is 59.6 Å². The third-order valence-electron chi connectivity index (χ3n) is 7.94. The minimum absolute atomic E-state index is 0.00751. The first kappa shape index (κ1) is 35.3. The molecular formula is C33H34F2N4O9S. The van der Waals surface area contributed by atoms with Gasteiger partial charge in [-0.2, -0.15) is 0 Å². The molecule has 0 spiro atoms. The van der Waals surface area contributed by atoms with Crippen molar-refractivity contribution < 1.29 is 50.5 Å². The summed E-state index contributed by atoms with van der Waals surface area (Å²) in [5.74, 6) is -4.63. The van der Waals surface area contributed by atoms with Crippen molar-refractivity contribution >= 4 is 44.2 Å². The largest absolute Gasteiger partial charge is 0.463 e. The molecule has 1 fully saturated rings. The van der Waals surface area contributed by atoms with Crippen molar-refractivity contribution in [2.75, 3.05) is 25.6 Å². The Kier molecular flexibility index (Phi) is 10.0. The van der Waals surface area contributed by atoms with Gasteiger partial charge in [0.15, 0.2) is 23.8 Å². The van der Waals surface area contributed by atoms with E-state index in [9.17, 15) is 31.6 Å². The monoisotopic (exact) mass is 700 g/mol. The van der Waals surface area contributed by atoms with Crippen molar-refractivity contribution in [1.82, 2.24) is 15.0 Å². The summed E-state index contributed by atoms with van der Waals surface area (Å²) in [5, 5.41) is 9.54. The Balaban J connectivity index is 1.68. The van der Waals surface area contributed by atoms with E-state index in [-0.39, 0.29) is 21.7 Å². The maximum absolute atomic E-state index is 14.5. The van der Waals surface area contributed by atoms with Gasteiger partial charge in [0.1, 0.15) is 24.4 Å². The molecule has 1 aliphatic heterocycles. The van der Waals surface area contributed by atoms with Crippen LogP contribution in [0, 0.1) is 18.6 Å². The summed E-state index contributed by atoms with van der Waals surface area (Å²) < 4.78 is 81.0. The van der Waals surface area contributed by atoms with Crippen LogP contribution < -0.4 is 4.90 Å². The number of carbonyl (C=O) groups excluding carboxylic acids is 3. The van der Waals surface area contributed by atoms with Gasteiger partial charge in [-0.1, -0.05) is 23.4 Å². The first-order chi connectivity index (χ1) is 23.1. The van der Waals surface area contributed by atoms with E-state index in [1.807, 2.05) is 25.1 Å². The smallest absolute Gasteiger partial charge is 0.303 e. The normalized spacial score (nSPS) is 20.9. The van der Waals surface area contributed by atoms with E-state index in [0.717, 1.165) is 42.6 Å². The van der Waals surface area contributed by atoms with Crippen LogP contribution in [0.25, 0.3) is 22.0 Å². The van der Waals surface area contributed by atoms with Crippen LogP contribution in [-0.4, -0.2) is 85.8 Å². The second-order valence-electron chi connectivity index (χ2n) is 11.8. The summed E-state index contributed by atoms with van der Waals surface area (Å²) in [4.78, 5) is 38.5. The number of fused-ring (bicyclic) bond motifs is 1. The molecule has 2 heterocycles. The molecule has 0 radical (unpaired) electrons. The zero-order valence-electron chi connectivity index (χ0n) is 27.4. The fourth-order valence-electron chi connectivity index (χ4n) is 5.81. The summed E-state index contributed by atoms with van der Waals surface area (Å²) in [7, 11) is -0.849. The number of hydrogen-bond donors (Lipinski definition) is 0. The predicted octanol–water partition coefficient (Wildman–Crippen LogP) is 3.92. The predicted molar refractivity (Wildman–Crippen MR) is 171 cm³/mol. The number of carbonyl (C=O) groups is 3. The lowest BCUT2D eigenvalue weighted by atomic mass is 9.96. The summed E-state index contributed by atoms with van der Waals surface area (Å²) in [5.41, 5.74) is -0.930. The Morgan fingerprint density at radius 2 is 1.65 bits per heavy atom. The van der Waals surface area contributed by atoms with E-state index in [0.29, 0.717) is 5.39 Å². The van der Waals surface area contributed by atoms with Crippen molar-refractivity contribution in [2.24, 2.45) is 0 Å². The van der Waals surface area contributed by atoms with Gasteiger partial charge < -0.3 is 23.8 Å². The maximum Gasteiger partial charge on any atom is 0.303 e. The number of benzene rings is 3. The number of esters is 3. The third-order valence-corrected chi connectivity index (χ3v) is 9.84. The zero-order chi connectivity index (χ0) is 35.8.